The maximum absolute atomic E-state index is 13.5. The van der Waals surface area contributed by atoms with E-state index in [9.17, 15) is 9.18 Å². The highest BCUT2D eigenvalue weighted by atomic mass is 32.2. The Morgan fingerprint density at radius 2 is 2.21 bits per heavy atom. The molecule has 1 N–H and O–H groups in total. The number of unbranched alkanes of at least 4 members (excludes halogenated alkanes) is 2. The Morgan fingerprint density at radius 3 is 2.89 bits per heavy atom. The van der Waals surface area contributed by atoms with Crippen molar-refractivity contribution in [3.63, 3.8) is 0 Å². The fraction of sp³-hybridized carbons (Fsp3) is 0.400. The zero-order chi connectivity index (χ0) is 14.1. The molecular formula is C15H19FO2S. The highest BCUT2D eigenvalue weighted by Gasteiger charge is 2.02. The van der Waals surface area contributed by atoms with E-state index < -0.39 is 11.8 Å². The van der Waals surface area contributed by atoms with Gasteiger partial charge in [0.2, 0.25) is 0 Å². The van der Waals surface area contributed by atoms with Crippen molar-refractivity contribution in [2.45, 2.75) is 31.9 Å². The highest BCUT2D eigenvalue weighted by Crippen LogP contribution is 2.18. The van der Waals surface area contributed by atoms with Gasteiger partial charge in [0.05, 0.1) is 0 Å². The second-order valence-corrected chi connectivity index (χ2v) is 5.39. The topological polar surface area (TPSA) is 37.3 Å². The molecule has 0 aliphatic heterocycles. The molecule has 0 aliphatic rings. The predicted molar refractivity (Wildman–Crippen MR) is 78.8 cm³/mol. The number of benzene rings is 1. The fourth-order valence-electron chi connectivity index (χ4n) is 1.62. The van der Waals surface area contributed by atoms with Crippen LogP contribution < -0.4 is 0 Å². The summed E-state index contributed by atoms with van der Waals surface area (Å²) in [5, 5.41) is 8.55. The van der Waals surface area contributed by atoms with E-state index in [4.69, 9.17) is 5.11 Å². The van der Waals surface area contributed by atoms with Crippen LogP contribution in [0.2, 0.25) is 0 Å². The van der Waals surface area contributed by atoms with Gasteiger partial charge in [-0.25, -0.2) is 9.18 Å². The summed E-state index contributed by atoms with van der Waals surface area (Å²) in [6.45, 7) is 2.17. The van der Waals surface area contributed by atoms with E-state index in [0.717, 1.165) is 23.1 Å². The molecule has 0 amide bonds. The van der Waals surface area contributed by atoms with E-state index in [-0.39, 0.29) is 0 Å². The third kappa shape index (κ3) is 6.43. The molecule has 0 heterocycles. The molecule has 1 rings (SSSR count). The Kier molecular flexibility index (Phi) is 7.26. The summed E-state index contributed by atoms with van der Waals surface area (Å²) in [7, 11) is 0. The molecule has 0 atom stereocenters. The van der Waals surface area contributed by atoms with Crippen molar-refractivity contribution < 1.29 is 14.3 Å². The quantitative estimate of drug-likeness (QED) is 0.569. The van der Waals surface area contributed by atoms with E-state index in [1.165, 1.54) is 31.4 Å². The van der Waals surface area contributed by atoms with Crippen molar-refractivity contribution in [1.82, 2.24) is 0 Å². The number of aliphatic carboxylic acids is 1. The molecule has 0 fully saturated rings. The third-order valence-corrected chi connectivity index (χ3v) is 3.74. The van der Waals surface area contributed by atoms with Crippen LogP contribution in [0.25, 0.3) is 6.08 Å². The summed E-state index contributed by atoms with van der Waals surface area (Å²) < 4.78 is 13.5. The van der Waals surface area contributed by atoms with E-state index >= 15 is 0 Å². The van der Waals surface area contributed by atoms with Crippen molar-refractivity contribution in [1.29, 1.82) is 0 Å². The largest absolute Gasteiger partial charge is 0.478 e. The first-order chi connectivity index (χ1) is 9.13. The van der Waals surface area contributed by atoms with Crippen LogP contribution >= 0.6 is 11.8 Å². The van der Waals surface area contributed by atoms with Crippen LogP contribution in [0.5, 0.6) is 0 Å². The summed E-state index contributed by atoms with van der Waals surface area (Å²) in [6.07, 6.45) is 5.90. The lowest BCUT2D eigenvalue weighted by Gasteiger charge is -2.04. The van der Waals surface area contributed by atoms with E-state index in [2.05, 4.69) is 6.92 Å². The van der Waals surface area contributed by atoms with Crippen LogP contribution in [0.15, 0.2) is 24.3 Å². The molecule has 0 aliphatic carbocycles. The first kappa shape index (κ1) is 15.8. The average molecular weight is 282 g/mol. The number of carbonyl (C=O) groups is 1. The standard InChI is InChI=1S/C15H19FO2S/c1-2-3-4-9-19-11-12-5-7-14(16)13(10-12)6-8-15(17)18/h5-8,10H,2-4,9,11H2,1H3,(H,17,18)/b8-6+. The molecule has 19 heavy (non-hydrogen) atoms. The molecule has 2 nitrogen and oxygen atoms in total. The van der Waals surface area contributed by atoms with E-state index in [1.807, 2.05) is 11.8 Å². The van der Waals surface area contributed by atoms with Crippen LogP contribution in [0, 0.1) is 5.82 Å². The van der Waals surface area contributed by atoms with Gasteiger partial charge in [-0.1, -0.05) is 25.8 Å². The number of halogens is 1. The number of carboxylic acid groups (broad SMARTS) is 1. The molecule has 0 saturated heterocycles. The molecule has 104 valence electrons. The summed E-state index contributed by atoms with van der Waals surface area (Å²) in [6, 6.07) is 4.85. The van der Waals surface area contributed by atoms with Gasteiger partial charge in [0, 0.05) is 17.4 Å². The van der Waals surface area contributed by atoms with Crippen molar-refractivity contribution in [3.8, 4) is 0 Å². The zero-order valence-corrected chi connectivity index (χ0v) is 11.9. The first-order valence-corrected chi connectivity index (χ1v) is 7.56. The number of rotatable bonds is 8. The van der Waals surface area contributed by atoms with Gasteiger partial charge in [-0.2, -0.15) is 11.8 Å². The lowest BCUT2D eigenvalue weighted by atomic mass is 10.1. The SMILES string of the molecule is CCCCCSCc1ccc(F)c(/C=C/C(=O)O)c1. The third-order valence-electron chi connectivity index (χ3n) is 2.63. The Labute approximate surface area is 117 Å². The number of hydrogen-bond acceptors (Lipinski definition) is 2. The van der Waals surface area contributed by atoms with Crippen LogP contribution in [-0.2, 0) is 10.5 Å². The molecule has 0 aromatic heterocycles. The Morgan fingerprint density at radius 1 is 1.42 bits per heavy atom. The molecule has 1 aromatic rings. The second-order valence-electron chi connectivity index (χ2n) is 4.29. The van der Waals surface area contributed by atoms with Crippen LogP contribution in [0.3, 0.4) is 0 Å². The zero-order valence-electron chi connectivity index (χ0n) is 11.1. The minimum atomic E-state index is -1.07. The maximum Gasteiger partial charge on any atom is 0.328 e. The summed E-state index contributed by atoms with van der Waals surface area (Å²) >= 11 is 1.82. The minimum absolute atomic E-state index is 0.328. The Balaban J connectivity index is 2.55. The van der Waals surface area contributed by atoms with Crippen molar-refractivity contribution >= 4 is 23.8 Å². The van der Waals surface area contributed by atoms with Crippen LogP contribution in [0.4, 0.5) is 4.39 Å². The van der Waals surface area contributed by atoms with Gasteiger partial charge >= 0.3 is 5.97 Å². The van der Waals surface area contributed by atoms with Crippen molar-refractivity contribution in [2.75, 3.05) is 5.75 Å². The molecule has 0 spiro atoms. The van der Waals surface area contributed by atoms with Gasteiger partial charge in [0.25, 0.3) is 0 Å². The molecule has 0 bridgehead atoms. The predicted octanol–water partition coefficient (Wildman–Crippen LogP) is 4.35. The monoisotopic (exact) mass is 282 g/mol. The normalized spacial score (nSPS) is 11.1. The summed E-state index contributed by atoms with van der Waals surface area (Å²) in [5.41, 5.74) is 1.35. The van der Waals surface area contributed by atoms with Crippen LogP contribution in [-0.4, -0.2) is 16.8 Å². The molecule has 0 unspecified atom stereocenters. The highest BCUT2D eigenvalue weighted by molar-refractivity contribution is 7.98. The van der Waals surface area contributed by atoms with Gasteiger partial charge < -0.3 is 5.11 Å². The number of hydrogen-bond donors (Lipinski definition) is 1. The van der Waals surface area contributed by atoms with Gasteiger partial charge in [0.15, 0.2) is 0 Å². The Bertz CT molecular complexity index is 444. The first-order valence-electron chi connectivity index (χ1n) is 6.40. The average Bonchev–Trinajstić information content (AvgIpc) is 2.38. The number of thioether (sulfide) groups is 1. The minimum Gasteiger partial charge on any atom is -0.478 e. The number of carboxylic acids is 1. The fourth-order valence-corrected chi connectivity index (χ4v) is 2.58. The van der Waals surface area contributed by atoms with E-state index in [1.54, 1.807) is 12.1 Å². The molecule has 0 radical (unpaired) electrons. The molecule has 4 heteroatoms. The smallest absolute Gasteiger partial charge is 0.328 e. The lowest BCUT2D eigenvalue weighted by molar-refractivity contribution is -0.131. The second kappa shape index (κ2) is 8.75. The molecule has 0 saturated carbocycles. The summed E-state index contributed by atoms with van der Waals surface area (Å²) in [5.74, 6) is 0.472. The van der Waals surface area contributed by atoms with Gasteiger partial charge in [0.1, 0.15) is 5.82 Å². The molecule has 1 aromatic carbocycles. The van der Waals surface area contributed by atoms with Crippen LogP contribution in [0.1, 0.15) is 37.3 Å². The van der Waals surface area contributed by atoms with E-state index in [0.29, 0.717) is 5.56 Å². The summed E-state index contributed by atoms with van der Waals surface area (Å²) in [4.78, 5) is 10.4. The maximum atomic E-state index is 13.5. The van der Waals surface area contributed by atoms with Gasteiger partial charge in [-0.3, -0.25) is 0 Å². The molecular weight excluding hydrogens is 263 g/mol. The lowest BCUT2D eigenvalue weighted by Crippen LogP contribution is -1.90. The van der Waals surface area contributed by atoms with Gasteiger partial charge in [-0.15, -0.1) is 0 Å². The Hall–Kier alpha value is -1.29. The van der Waals surface area contributed by atoms with Crippen molar-refractivity contribution in [2.24, 2.45) is 0 Å². The van der Waals surface area contributed by atoms with Crippen molar-refractivity contribution in [3.05, 3.63) is 41.2 Å². The van der Waals surface area contributed by atoms with Gasteiger partial charge in [-0.05, 0) is 35.9 Å².